The third kappa shape index (κ3) is 4.68. The smallest absolute Gasteiger partial charge is 0.123 e. The van der Waals surface area contributed by atoms with E-state index in [-0.39, 0.29) is 17.9 Å². The van der Waals surface area contributed by atoms with E-state index in [0.717, 1.165) is 18.4 Å². The third-order valence-corrected chi connectivity index (χ3v) is 3.87. The number of unbranched alkanes of at least 4 members (excludes halogenated alkanes) is 1. The normalized spacial score (nSPS) is 13.9. The average molecular weight is 285 g/mol. The zero-order valence-electron chi connectivity index (χ0n) is 12.9. The molecule has 0 aromatic heterocycles. The van der Waals surface area contributed by atoms with Crippen LogP contribution in [-0.2, 0) is 0 Å². The van der Waals surface area contributed by atoms with Crippen molar-refractivity contribution >= 4 is 0 Å². The van der Waals surface area contributed by atoms with Gasteiger partial charge >= 0.3 is 0 Å². The van der Waals surface area contributed by atoms with E-state index in [0.29, 0.717) is 0 Å². The first kappa shape index (κ1) is 15.7. The fraction of sp³-hybridized carbons (Fsp3) is 0.368. The van der Waals surface area contributed by atoms with E-state index < -0.39 is 0 Å². The highest BCUT2D eigenvalue weighted by Crippen LogP contribution is 2.24. The number of halogens is 1. The minimum Gasteiger partial charge on any atom is -0.303 e. The maximum atomic E-state index is 13.1. The maximum absolute atomic E-state index is 13.1. The summed E-state index contributed by atoms with van der Waals surface area (Å²) in [5.41, 5.74) is 2.44. The molecule has 0 aliphatic carbocycles. The van der Waals surface area contributed by atoms with E-state index in [2.05, 4.69) is 43.4 Å². The van der Waals surface area contributed by atoms with Crippen molar-refractivity contribution in [1.29, 1.82) is 0 Å². The van der Waals surface area contributed by atoms with Crippen molar-refractivity contribution in [3.05, 3.63) is 71.5 Å². The molecule has 0 saturated carbocycles. The van der Waals surface area contributed by atoms with Gasteiger partial charge in [0.1, 0.15) is 5.82 Å². The number of hydrogen-bond acceptors (Lipinski definition) is 1. The van der Waals surface area contributed by atoms with Gasteiger partial charge < -0.3 is 5.32 Å². The van der Waals surface area contributed by atoms with Crippen molar-refractivity contribution in [3.8, 4) is 0 Å². The third-order valence-electron chi connectivity index (χ3n) is 3.87. The zero-order chi connectivity index (χ0) is 15.1. The molecule has 112 valence electrons. The molecule has 21 heavy (non-hydrogen) atoms. The topological polar surface area (TPSA) is 12.0 Å². The molecule has 0 heterocycles. The molecule has 0 aliphatic heterocycles. The summed E-state index contributed by atoms with van der Waals surface area (Å²) in [5.74, 6) is -0.177. The SMILES string of the molecule is CCCCC(N[C@@H](C)c1ccccc1)c1ccc(F)cc1. The Balaban J connectivity index is 2.10. The Labute approximate surface area is 127 Å². The highest BCUT2D eigenvalue weighted by Gasteiger charge is 2.15. The average Bonchev–Trinajstić information content (AvgIpc) is 2.53. The molecule has 0 fully saturated rings. The fourth-order valence-electron chi connectivity index (χ4n) is 2.59. The van der Waals surface area contributed by atoms with Crippen LogP contribution in [0.25, 0.3) is 0 Å². The van der Waals surface area contributed by atoms with Gasteiger partial charge in [0.15, 0.2) is 0 Å². The van der Waals surface area contributed by atoms with Crippen LogP contribution in [0.1, 0.15) is 56.3 Å². The molecule has 0 aliphatic rings. The van der Waals surface area contributed by atoms with Gasteiger partial charge in [0.25, 0.3) is 0 Å². The summed E-state index contributed by atoms with van der Waals surface area (Å²) in [4.78, 5) is 0. The lowest BCUT2D eigenvalue weighted by Crippen LogP contribution is -2.24. The molecule has 0 spiro atoms. The minimum atomic E-state index is -0.177. The highest BCUT2D eigenvalue weighted by atomic mass is 19.1. The van der Waals surface area contributed by atoms with E-state index in [4.69, 9.17) is 0 Å². The molecule has 2 heteroatoms. The second-order valence-electron chi connectivity index (χ2n) is 5.55. The van der Waals surface area contributed by atoms with Gasteiger partial charge in [-0.3, -0.25) is 0 Å². The largest absolute Gasteiger partial charge is 0.303 e. The van der Waals surface area contributed by atoms with Crippen LogP contribution >= 0.6 is 0 Å². The second-order valence-corrected chi connectivity index (χ2v) is 5.55. The molecule has 2 aromatic rings. The summed E-state index contributed by atoms with van der Waals surface area (Å²) in [6, 6.07) is 17.8. The van der Waals surface area contributed by atoms with Crippen molar-refractivity contribution in [2.75, 3.05) is 0 Å². The first-order valence-electron chi connectivity index (χ1n) is 7.77. The Bertz CT molecular complexity index is 521. The van der Waals surface area contributed by atoms with Crippen molar-refractivity contribution in [1.82, 2.24) is 5.32 Å². The van der Waals surface area contributed by atoms with Crippen LogP contribution in [0.3, 0.4) is 0 Å². The molecular weight excluding hydrogens is 261 g/mol. The van der Waals surface area contributed by atoms with E-state index in [1.807, 2.05) is 18.2 Å². The van der Waals surface area contributed by atoms with Gasteiger partial charge in [-0.05, 0) is 36.6 Å². The maximum Gasteiger partial charge on any atom is 0.123 e. The molecular formula is C19H24FN. The molecule has 1 unspecified atom stereocenters. The van der Waals surface area contributed by atoms with Crippen LogP contribution in [0.15, 0.2) is 54.6 Å². The summed E-state index contributed by atoms with van der Waals surface area (Å²) in [5, 5.41) is 3.68. The predicted octanol–water partition coefficient (Wildman–Crippen LogP) is 5.41. The van der Waals surface area contributed by atoms with Crippen molar-refractivity contribution in [3.63, 3.8) is 0 Å². The number of rotatable bonds is 7. The molecule has 0 amide bonds. The Morgan fingerprint density at radius 3 is 2.24 bits per heavy atom. The van der Waals surface area contributed by atoms with Crippen molar-refractivity contribution in [2.24, 2.45) is 0 Å². The number of nitrogens with one attached hydrogen (secondary N) is 1. The predicted molar refractivity (Wildman–Crippen MR) is 86.7 cm³/mol. The van der Waals surface area contributed by atoms with Crippen LogP contribution in [0.5, 0.6) is 0 Å². The number of benzene rings is 2. The second kappa shape index (κ2) is 7.94. The van der Waals surface area contributed by atoms with Crippen LogP contribution in [-0.4, -0.2) is 0 Å². The minimum absolute atomic E-state index is 0.177. The molecule has 0 bridgehead atoms. The summed E-state index contributed by atoms with van der Waals surface area (Å²) in [6.07, 6.45) is 3.40. The summed E-state index contributed by atoms with van der Waals surface area (Å²) >= 11 is 0. The summed E-state index contributed by atoms with van der Waals surface area (Å²) < 4.78 is 13.1. The molecule has 2 aromatic carbocycles. The monoisotopic (exact) mass is 285 g/mol. The van der Waals surface area contributed by atoms with Crippen LogP contribution in [0.4, 0.5) is 4.39 Å². The van der Waals surface area contributed by atoms with Crippen molar-refractivity contribution < 1.29 is 4.39 Å². The quantitative estimate of drug-likeness (QED) is 0.717. The first-order chi connectivity index (χ1) is 10.2. The highest BCUT2D eigenvalue weighted by molar-refractivity contribution is 5.22. The Morgan fingerprint density at radius 2 is 1.62 bits per heavy atom. The van der Waals surface area contributed by atoms with Gasteiger partial charge in [-0.15, -0.1) is 0 Å². The van der Waals surface area contributed by atoms with E-state index >= 15 is 0 Å². The van der Waals surface area contributed by atoms with E-state index in [1.165, 1.54) is 12.0 Å². The lowest BCUT2D eigenvalue weighted by molar-refractivity contribution is 0.431. The first-order valence-corrected chi connectivity index (χ1v) is 7.77. The van der Waals surface area contributed by atoms with Crippen molar-refractivity contribution in [2.45, 2.75) is 45.2 Å². The lowest BCUT2D eigenvalue weighted by Gasteiger charge is -2.24. The van der Waals surface area contributed by atoms with Gasteiger partial charge in [-0.2, -0.15) is 0 Å². The fourth-order valence-corrected chi connectivity index (χ4v) is 2.59. The Hall–Kier alpha value is -1.67. The molecule has 1 nitrogen and oxygen atoms in total. The summed E-state index contributed by atoms with van der Waals surface area (Å²) in [7, 11) is 0. The van der Waals surface area contributed by atoms with E-state index in [9.17, 15) is 4.39 Å². The van der Waals surface area contributed by atoms with Crippen LogP contribution < -0.4 is 5.32 Å². The van der Waals surface area contributed by atoms with Crippen LogP contribution in [0, 0.1) is 5.82 Å². The lowest BCUT2D eigenvalue weighted by atomic mass is 9.98. The van der Waals surface area contributed by atoms with Crippen LogP contribution in [0.2, 0.25) is 0 Å². The summed E-state index contributed by atoms with van der Waals surface area (Å²) in [6.45, 7) is 4.38. The van der Waals surface area contributed by atoms with Gasteiger partial charge in [0.2, 0.25) is 0 Å². The number of hydrogen-bond donors (Lipinski definition) is 1. The molecule has 0 saturated heterocycles. The molecule has 2 rings (SSSR count). The Kier molecular flexibility index (Phi) is 5.94. The zero-order valence-corrected chi connectivity index (χ0v) is 12.9. The molecule has 2 atom stereocenters. The Morgan fingerprint density at radius 1 is 0.952 bits per heavy atom. The molecule has 0 radical (unpaired) electrons. The van der Waals surface area contributed by atoms with E-state index in [1.54, 1.807) is 12.1 Å². The van der Waals surface area contributed by atoms with Gasteiger partial charge in [-0.1, -0.05) is 62.2 Å². The van der Waals surface area contributed by atoms with Gasteiger partial charge in [0, 0.05) is 12.1 Å². The van der Waals surface area contributed by atoms with Gasteiger partial charge in [-0.25, -0.2) is 4.39 Å². The molecule has 1 N–H and O–H groups in total. The standard InChI is InChI=1S/C19H24FN/c1-3-4-10-19(17-11-13-18(20)14-12-17)21-15(2)16-8-6-5-7-9-16/h5-9,11-15,19,21H,3-4,10H2,1-2H3/t15-,19?/m0/s1. The van der Waals surface area contributed by atoms with Gasteiger partial charge in [0.05, 0.1) is 0 Å².